The molecule has 0 radical (unpaired) electrons. The molecular weight excluding hydrogens is 248 g/mol. The SMILES string of the molecule is COc1cccc(C#N)c1NC1CCCC(C2CC2)C1. The minimum Gasteiger partial charge on any atom is -0.495 e. The predicted octanol–water partition coefficient (Wildman–Crippen LogP) is 3.95. The fraction of sp³-hybridized carbons (Fsp3) is 0.588. The predicted molar refractivity (Wildman–Crippen MR) is 79.8 cm³/mol. The van der Waals surface area contributed by atoms with Gasteiger partial charge in [-0.25, -0.2) is 0 Å². The third kappa shape index (κ3) is 2.75. The first-order valence-corrected chi connectivity index (χ1v) is 7.65. The summed E-state index contributed by atoms with van der Waals surface area (Å²) in [6.45, 7) is 0. The number of hydrogen-bond donors (Lipinski definition) is 1. The van der Waals surface area contributed by atoms with Crippen molar-refractivity contribution in [3.8, 4) is 11.8 Å². The van der Waals surface area contributed by atoms with E-state index >= 15 is 0 Å². The molecule has 2 aliphatic rings. The van der Waals surface area contributed by atoms with E-state index in [4.69, 9.17) is 4.74 Å². The van der Waals surface area contributed by atoms with Crippen LogP contribution in [0.25, 0.3) is 0 Å². The van der Waals surface area contributed by atoms with Gasteiger partial charge in [-0.05, 0) is 49.7 Å². The molecule has 3 nitrogen and oxygen atoms in total. The number of rotatable bonds is 4. The van der Waals surface area contributed by atoms with Crippen molar-refractivity contribution in [3.63, 3.8) is 0 Å². The fourth-order valence-electron chi connectivity index (χ4n) is 3.50. The summed E-state index contributed by atoms with van der Waals surface area (Å²) < 4.78 is 5.40. The molecule has 2 unspecified atom stereocenters. The van der Waals surface area contributed by atoms with Gasteiger partial charge in [-0.15, -0.1) is 0 Å². The van der Waals surface area contributed by atoms with Gasteiger partial charge in [-0.2, -0.15) is 5.26 Å². The van der Waals surface area contributed by atoms with Crippen LogP contribution < -0.4 is 10.1 Å². The number of hydrogen-bond acceptors (Lipinski definition) is 3. The Kier molecular flexibility index (Phi) is 3.82. The van der Waals surface area contributed by atoms with Crippen molar-refractivity contribution in [2.24, 2.45) is 11.8 Å². The van der Waals surface area contributed by atoms with Gasteiger partial charge in [0.25, 0.3) is 0 Å². The fourth-order valence-corrected chi connectivity index (χ4v) is 3.50. The lowest BCUT2D eigenvalue weighted by molar-refractivity contribution is 0.302. The Morgan fingerprint density at radius 3 is 2.75 bits per heavy atom. The monoisotopic (exact) mass is 270 g/mol. The van der Waals surface area contributed by atoms with Crippen molar-refractivity contribution < 1.29 is 4.74 Å². The molecule has 0 aliphatic heterocycles. The molecule has 3 heteroatoms. The lowest BCUT2D eigenvalue weighted by Crippen LogP contribution is -2.28. The van der Waals surface area contributed by atoms with Gasteiger partial charge in [-0.1, -0.05) is 18.9 Å². The number of methoxy groups -OCH3 is 1. The highest BCUT2D eigenvalue weighted by Gasteiger charge is 2.34. The first-order valence-electron chi connectivity index (χ1n) is 7.65. The third-order valence-electron chi connectivity index (χ3n) is 4.72. The standard InChI is InChI=1S/C17H22N2O/c1-20-16-7-3-5-14(11-18)17(16)19-15-6-2-4-13(10-15)12-8-9-12/h3,5,7,12-13,15,19H,2,4,6,8-10H2,1H3. The molecule has 1 N–H and O–H groups in total. The van der Waals surface area contributed by atoms with Crippen LogP contribution in [0.15, 0.2) is 18.2 Å². The number of anilines is 1. The Morgan fingerprint density at radius 2 is 2.05 bits per heavy atom. The molecule has 2 aliphatic carbocycles. The zero-order valence-corrected chi connectivity index (χ0v) is 12.1. The van der Waals surface area contributed by atoms with E-state index in [9.17, 15) is 5.26 Å². The van der Waals surface area contributed by atoms with E-state index in [0.717, 1.165) is 23.3 Å². The van der Waals surface area contributed by atoms with Gasteiger partial charge >= 0.3 is 0 Å². The molecule has 0 spiro atoms. The van der Waals surface area contributed by atoms with Crippen LogP contribution in [0, 0.1) is 23.2 Å². The van der Waals surface area contributed by atoms with Gasteiger partial charge in [-0.3, -0.25) is 0 Å². The van der Waals surface area contributed by atoms with Crippen LogP contribution in [0.4, 0.5) is 5.69 Å². The first-order chi connectivity index (χ1) is 9.81. The zero-order chi connectivity index (χ0) is 13.9. The third-order valence-corrected chi connectivity index (χ3v) is 4.72. The molecule has 3 rings (SSSR count). The highest BCUT2D eigenvalue weighted by Crippen LogP contribution is 2.44. The number of para-hydroxylation sites is 1. The second-order valence-corrected chi connectivity index (χ2v) is 6.10. The van der Waals surface area contributed by atoms with Crippen LogP contribution in [-0.2, 0) is 0 Å². The minimum absolute atomic E-state index is 0.484. The van der Waals surface area contributed by atoms with Gasteiger partial charge in [0, 0.05) is 6.04 Å². The molecule has 0 aromatic heterocycles. The second-order valence-electron chi connectivity index (χ2n) is 6.10. The Hall–Kier alpha value is -1.69. The molecule has 0 heterocycles. The summed E-state index contributed by atoms with van der Waals surface area (Å²) in [5, 5.41) is 12.9. The van der Waals surface area contributed by atoms with Crippen molar-refractivity contribution in [1.82, 2.24) is 0 Å². The van der Waals surface area contributed by atoms with Crippen molar-refractivity contribution in [2.45, 2.75) is 44.6 Å². The van der Waals surface area contributed by atoms with E-state index < -0.39 is 0 Å². The molecule has 2 atom stereocenters. The number of nitriles is 1. The number of nitrogens with zero attached hydrogens (tertiary/aromatic N) is 1. The lowest BCUT2D eigenvalue weighted by atomic mass is 9.82. The molecular formula is C17H22N2O. The molecule has 2 fully saturated rings. The Bertz CT molecular complexity index is 516. The van der Waals surface area contributed by atoms with Gasteiger partial charge in [0.15, 0.2) is 0 Å². The molecule has 20 heavy (non-hydrogen) atoms. The van der Waals surface area contributed by atoms with Crippen LogP contribution in [0.5, 0.6) is 5.75 Å². The molecule has 2 saturated carbocycles. The number of nitrogens with one attached hydrogen (secondary N) is 1. The molecule has 1 aromatic rings. The van der Waals surface area contributed by atoms with E-state index in [-0.39, 0.29) is 0 Å². The molecule has 0 bridgehead atoms. The van der Waals surface area contributed by atoms with E-state index in [2.05, 4.69) is 11.4 Å². The summed E-state index contributed by atoms with van der Waals surface area (Å²) in [6.07, 6.45) is 7.99. The first kappa shape index (κ1) is 13.3. The second kappa shape index (κ2) is 5.75. The highest BCUT2D eigenvalue weighted by atomic mass is 16.5. The van der Waals surface area contributed by atoms with E-state index in [1.807, 2.05) is 18.2 Å². The van der Waals surface area contributed by atoms with Gasteiger partial charge in [0.2, 0.25) is 0 Å². The Balaban J connectivity index is 1.75. The van der Waals surface area contributed by atoms with E-state index in [1.54, 1.807) is 7.11 Å². The largest absolute Gasteiger partial charge is 0.495 e. The van der Waals surface area contributed by atoms with Crippen molar-refractivity contribution >= 4 is 5.69 Å². The molecule has 0 saturated heterocycles. The normalized spacial score (nSPS) is 25.8. The summed E-state index contributed by atoms with van der Waals surface area (Å²) in [5.74, 6) is 2.65. The molecule has 0 amide bonds. The van der Waals surface area contributed by atoms with Crippen LogP contribution in [0.1, 0.15) is 44.1 Å². The summed E-state index contributed by atoms with van der Waals surface area (Å²) in [6, 6.07) is 8.39. The summed E-state index contributed by atoms with van der Waals surface area (Å²) in [4.78, 5) is 0. The quantitative estimate of drug-likeness (QED) is 0.901. The van der Waals surface area contributed by atoms with Crippen LogP contribution in [0.3, 0.4) is 0 Å². The van der Waals surface area contributed by atoms with Crippen molar-refractivity contribution in [1.29, 1.82) is 5.26 Å². The van der Waals surface area contributed by atoms with Crippen molar-refractivity contribution in [2.75, 3.05) is 12.4 Å². The lowest BCUT2D eigenvalue weighted by Gasteiger charge is -2.31. The summed E-state index contributed by atoms with van der Waals surface area (Å²) in [5.41, 5.74) is 1.55. The Morgan fingerprint density at radius 1 is 1.20 bits per heavy atom. The maximum absolute atomic E-state index is 9.27. The smallest absolute Gasteiger partial charge is 0.143 e. The van der Waals surface area contributed by atoms with E-state index in [1.165, 1.54) is 38.5 Å². The summed E-state index contributed by atoms with van der Waals surface area (Å²) >= 11 is 0. The average molecular weight is 270 g/mol. The van der Waals surface area contributed by atoms with Gasteiger partial charge in [0.05, 0.1) is 18.4 Å². The van der Waals surface area contributed by atoms with E-state index in [0.29, 0.717) is 11.6 Å². The van der Waals surface area contributed by atoms with Crippen molar-refractivity contribution in [3.05, 3.63) is 23.8 Å². The maximum Gasteiger partial charge on any atom is 0.143 e. The number of benzene rings is 1. The maximum atomic E-state index is 9.27. The van der Waals surface area contributed by atoms with Gasteiger partial charge in [0.1, 0.15) is 11.8 Å². The Labute approximate surface area is 120 Å². The van der Waals surface area contributed by atoms with Crippen LogP contribution in [-0.4, -0.2) is 13.2 Å². The average Bonchev–Trinajstić information content (AvgIpc) is 3.32. The van der Waals surface area contributed by atoms with Gasteiger partial charge < -0.3 is 10.1 Å². The number of ether oxygens (including phenoxy) is 1. The molecule has 106 valence electrons. The highest BCUT2D eigenvalue weighted by molar-refractivity contribution is 5.66. The molecule has 1 aromatic carbocycles. The summed E-state index contributed by atoms with van der Waals surface area (Å²) in [7, 11) is 1.66. The zero-order valence-electron chi connectivity index (χ0n) is 12.1. The van der Waals surface area contributed by atoms with Crippen LogP contribution >= 0.6 is 0 Å². The minimum atomic E-state index is 0.484. The van der Waals surface area contributed by atoms with Crippen LogP contribution in [0.2, 0.25) is 0 Å². The topological polar surface area (TPSA) is 45.0 Å².